The van der Waals surface area contributed by atoms with Gasteiger partial charge in [-0.3, -0.25) is 4.79 Å². The summed E-state index contributed by atoms with van der Waals surface area (Å²) < 4.78 is 0. The molecule has 20 heavy (non-hydrogen) atoms. The molecule has 1 amide bonds. The summed E-state index contributed by atoms with van der Waals surface area (Å²) in [7, 11) is 0. The fourth-order valence-corrected chi connectivity index (χ4v) is 2.56. The van der Waals surface area contributed by atoms with Crippen LogP contribution in [0.1, 0.15) is 45.7 Å². The van der Waals surface area contributed by atoms with Gasteiger partial charge < -0.3 is 11.1 Å². The van der Waals surface area contributed by atoms with Crippen molar-refractivity contribution in [1.29, 1.82) is 0 Å². The van der Waals surface area contributed by atoms with Crippen LogP contribution in [0, 0.1) is 11.3 Å². The van der Waals surface area contributed by atoms with Crippen molar-refractivity contribution < 1.29 is 4.79 Å². The molecule has 0 spiro atoms. The first-order valence-electron chi connectivity index (χ1n) is 6.99. The molecule has 0 aliphatic carbocycles. The second-order valence-corrected chi connectivity index (χ2v) is 6.86. The van der Waals surface area contributed by atoms with Gasteiger partial charge >= 0.3 is 0 Å². The van der Waals surface area contributed by atoms with Gasteiger partial charge in [0, 0.05) is 11.6 Å². The summed E-state index contributed by atoms with van der Waals surface area (Å²) in [4.78, 5) is 12.3. The zero-order valence-corrected chi connectivity index (χ0v) is 13.5. The van der Waals surface area contributed by atoms with Crippen LogP contribution < -0.4 is 11.1 Å². The minimum absolute atomic E-state index is 0.00477. The highest BCUT2D eigenvalue weighted by molar-refractivity contribution is 6.31. The predicted molar refractivity (Wildman–Crippen MR) is 84.6 cm³/mol. The first kappa shape index (κ1) is 17.0. The molecule has 112 valence electrons. The van der Waals surface area contributed by atoms with Crippen molar-refractivity contribution in [2.45, 2.75) is 40.2 Å². The molecule has 4 heteroatoms. The molecule has 0 saturated carbocycles. The Kier molecular flexibility index (Phi) is 6.03. The van der Waals surface area contributed by atoms with Crippen LogP contribution in [0.5, 0.6) is 0 Å². The Bertz CT molecular complexity index is 454. The molecular weight excluding hydrogens is 272 g/mol. The van der Waals surface area contributed by atoms with Gasteiger partial charge in [-0.05, 0) is 30.4 Å². The molecule has 1 aromatic carbocycles. The summed E-state index contributed by atoms with van der Waals surface area (Å²) in [6, 6.07) is 7.43. The number of carbonyl (C=O) groups excluding carboxylic acids is 1. The van der Waals surface area contributed by atoms with Gasteiger partial charge in [-0.15, -0.1) is 0 Å². The summed E-state index contributed by atoms with van der Waals surface area (Å²) in [6.45, 7) is 8.63. The van der Waals surface area contributed by atoms with E-state index in [-0.39, 0.29) is 23.3 Å². The number of carbonyl (C=O) groups is 1. The fraction of sp³-hybridized carbons (Fsp3) is 0.562. The summed E-state index contributed by atoms with van der Waals surface area (Å²) in [5, 5.41) is 3.67. The highest BCUT2D eigenvalue weighted by atomic mass is 35.5. The quantitative estimate of drug-likeness (QED) is 0.873. The van der Waals surface area contributed by atoms with Crippen LogP contribution in [0.3, 0.4) is 0 Å². The number of nitrogens with two attached hydrogens (primary N) is 1. The monoisotopic (exact) mass is 296 g/mol. The normalized spacial score (nSPS) is 14.7. The average molecular weight is 297 g/mol. The van der Waals surface area contributed by atoms with Gasteiger partial charge in [0.25, 0.3) is 0 Å². The molecule has 0 heterocycles. The van der Waals surface area contributed by atoms with Crippen LogP contribution in [0.4, 0.5) is 0 Å². The molecule has 0 saturated heterocycles. The maximum atomic E-state index is 12.3. The highest BCUT2D eigenvalue weighted by Crippen LogP contribution is 2.26. The van der Waals surface area contributed by atoms with E-state index >= 15 is 0 Å². The Balaban J connectivity index is 2.71. The van der Waals surface area contributed by atoms with Gasteiger partial charge in [0.1, 0.15) is 0 Å². The van der Waals surface area contributed by atoms with Crippen molar-refractivity contribution in [3.63, 3.8) is 0 Å². The minimum atomic E-state index is -0.167. The molecule has 2 atom stereocenters. The fourth-order valence-electron chi connectivity index (χ4n) is 2.26. The van der Waals surface area contributed by atoms with E-state index in [1.807, 2.05) is 31.2 Å². The molecule has 3 nitrogen and oxygen atoms in total. The van der Waals surface area contributed by atoms with Gasteiger partial charge in [0.2, 0.25) is 5.91 Å². The van der Waals surface area contributed by atoms with Crippen molar-refractivity contribution in [1.82, 2.24) is 5.32 Å². The van der Waals surface area contributed by atoms with Gasteiger partial charge in [0.15, 0.2) is 0 Å². The summed E-state index contributed by atoms with van der Waals surface area (Å²) in [5.74, 6) is -0.171. The first-order chi connectivity index (χ1) is 9.24. The third kappa shape index (κ3) is 5.14. The number of halogens is 1. The Hall–Kier alpha value is -1.06. The maximum absolute atomic E-state index is 12.3. The Morgan fingerprint density at radius 1 is 1.35 bits per heavy atom. The van der Waals surface area contributed by atoms with E-state index in [0.29, 0.717) is 11.6 Å². The molecule has 0 bridgehead atoms. The number of amides is 1. The zero-order chi connectivity index (χ0) is 15.3. The summed E-state index contributed by atoms with van der Waals surface area (Å²) >= 11 is 6.15. The summed E-state index contributed by atoms with van der Waals surface area (Å²) in [5.41, 5.74) is 6.74. The van der Waals surface area contributed by atoms with Crippen LogP contribution >= 0.6 is 11.6 Å². The SMILES string of the molecule is CC(NC(=O)C(CN)CC(C)(C)C)c1ccccc1Cl. The minimum Gasteiger partial charge on any atom is -0.349 e. The van der Waals surface area contributed by atoms with E-state index in [0.717, 1.165) is 12.0 Å². The molecule has 1 aromatic rings. The number of benzene rings is 1. The number of hydrogen-bond acceptors (Lipinski definition) is 2. The second-order valence-electron chi connectivity index (χ2n) is 6.45. The van der Waals surface area contributed by atoms with Crippen molar-refractivity contribution in [2.75, 3.05) is 6.54 Å². The van der Waals surface area contributed by atoms with Crippen molar-refractivity contribution in [3.8, 4) is 0 Å². The lowest BCUT2D eigenvalue weighted by Crippen LogP contribution is -2.38. The molecule has 0 fully saturated rings. The van der Waals surface area contributed by atoms with E-state index in [2.05, 4.69) is 26.1 Å². The lowest BCUT2D eigenvalue weighted by molar-refractivity contribution is -0.126. The topological polar surface area (TPSA) is 55.1 Å². The lowest BCUT2D eigenvalue weighted by Gasteiger charge is -2.26. The number of rotatable bonds is 5. The van der Waals surface area contributed by atoms with Crippen molar-refractivity contribution in [2.24, 2.45) is 17.1 Å². The smallest absolute Gasteiger partial charge is 0.224 e. The molecule has 2 unspecified atom stereocenters. The second kappa shape index (κ2) is 7.09. The van der Waals surface area contributed by atoms with E-state index in [1.165, 1.54) is 0 Å². The van der Waals surface area contributed by atoms with E-state index in [9.17, 15) is 4.79 Å². The highest BCUT2D eigenvalue weighted by Gasteiger charge is 2.25. The molecular formula is C16H25ClN2O. The average Bonchev–Trinajstić information content (AvgIpc) is 2.35. The third-order valence-corrected chi connectivity index (χ3v) is 3.59. The molecule has 1 rings (SSSR count). The van der Waals surface area contributed by atoms with Gasteiger partial charge in [-0.25, -0.2) is 0 Å². The Labute approximate surface area is 126 Å². The number of nitrogens with one attached hydrogen (secondary N) is 1. The van der Waals surface area contributed by atoms with E-state index < -0.39 is 0 Å². The molecule has 0 aliphatic rings. The van der Waals surface area contributed by atoms with Gasteiger partial charge in [0.05, 0.1) is 12.0 Å². The van der Waals surface area contributed by atoms with Gasteiger partial charge in [-0.1, -0.05) is 50.6 Å². The Morgan fingerprint density at radius 3 is 2.45 bits per heavy atom. The van der Waals surface area contributed by atoms with E-state index in [1.54, 1.807) is 0 Å². The maximum Gasteiger partial charge on any atom is 0.224 e. The Morgan fingerprint density at radius 2 is 1.95 bits per heavy atom. The van der Waals surface area contributed by atoms with Crippen molar-refractivity contribution in [3.05, 3.63) is 34.9 Å². The summed E-state index contributed by atoms with van der Waals surface area (Å²) in [6.07, 6.45) is 0.768. The molecule has 0 aliphatic heterocycles. The van der Waals surface area contributed by atoms with Gasteiger partial charge in [-0.2, -0.15) is 0 Å². The standard InChI is InChI=1S/C16H25ClN2O/c1-11(13-7-5-6-8-14(13)17)19-15(20)12(10-18)9-16(2,3)4/h5-8,11-12H,9-10,18H2,1-4H3,(H,19,20). The number of hydrogen-bond donors (Lipinski definition) is 2. The molecule has 0 aromatic heterocycles. The van der Waals surface area contributed by atoms with E-state index in [4.69, 9.17) is 17.3 Å². The van der Waals surface area contributed by atoms with Crippen molar-refractivity contribution >= 4 is 17.5 Å². The van der Waals surface area contributed by atoms with Crippen LogP contribution in [0.2, 0.25) is 5.02 Å². The lowest BCUT2D eigenvalue weighted by atomic mass is 9.84. The third-order valence-electron chi connectivity index (χ3n) is 3.24. The molecule has 3 N–H and O–H groups in total. The predicted octanol–water partition coefficient (Wildman–Crippen LogP) is 3.53. The van der Waals surface area contributed by atoms with Crippen LogP contribution in [-0.4, -0.2) is 12.5 Å². The molecule has 0 radical (unpaired) electrons. The van der Waals surface area contributed by atoms with Crippen LogP contribution in [-0.2, 0) is 4.79 Å². The zero-order valence-electron chi connectivity index (χ0n) is 12.7. The first-order valence-corrected chi connectivity index (χ1v) is 7.37. The largest absolute Gasteiger partial charge is 0.349 e. The van der Waals surface area contributed by atoms with Crippen LogP contribution in [0.15, 0.2) is 24.3 Å². The van der Waals surface area contributed by atoms with Crippen LogP contribution in [0.25, 0.3) is 0 Å².